The van der Waals surface area contributed by atoms with Gasteiger partial charge in [-0.1, -0.05) is 18.2 Å². The van der Waals surface area contributed by atoms with Crippen LogP contribution >= 0.6 is 11.8 Å². The Hall–Kier alpha value is -3.50. The molecule has 38 heavy (non-hydrogen) atoms. The standard InChI is InChI=1S/C28H35N3O6S/c1-28(2,3)37-26(32)12-8-9-19-38-23-15-13-22(14-16-23)30-18-17-25(29-30)36-20-21-10-6-7-11-24(21)31(35-5)27(33)34-4/h6-7,10-11,13-18H,8-9,12,19-20H2,1-5H3. The fourth-order valence-electron chi connectivity index (χ4n) is 3.51. The second-order valence-corrected chi connectivity index (χ2v) is 10.5. The third kappa shape index (κ3) is 8.81. The molecule has 0 N–H and O–H groups in total. The maximum absolute atomic E-state index is 12.0. The number of carbonyl (C=O) groups excluding carboxylic acids is 2. The largest absolute Gasteiger partial charge is 0.472 e. The zero-order chi connectivity index (χ0) is 27.5. The average Bonchev–Trinajstić information content (AvgIpc) is 3.36. The van der Waals surface area contributed by atoms with Gasteiger partial charge in [-0.25, -0.2) is 9.48 Å². The van der Waals surface area contributed by atoms with E-state index in [1.165, 1.54) is 14.2 Å². The Morgan fingerprint density at radius 3 is 2.42 bits per heavy atom. The number of amides is 1. The molecule has 0 spiro atoms. The van der Waals surface area contributed by atoms with E-state index in [1.807, 2.05) is 51.2 Å². The fourth-order valence-corrected chi connectivity index (χ4v) is 4.43. The number of carbonyl (C=O) groups is 2. The maximum Gasteiger partial charge on any atom is 0.438 e. The maximum atomic E-state index is 12.0. The van der Waals surface area contributed by atoms with Gasteiger partial charge in [-0.3, -0.25) is 9.63 Å². The summed E-state index contributed by atoms with van der Waals surface area (Å²) < 4.78 is 17.7. The highest BCUT2D eigenvalue weighted by Crippen LogP contribution is 2.24. The summed E-state index contributed by atoms with van der Waals surface area (Å²) >= 11 is 1.76. The molecule has 0 radical (unpaired) electrons. The van der Waals surface area contributed by atoms with Crippen LogP contribution in [-0.2, 0) is 25.7 Å². The summed E-state index contributed by atoms with van der Waals surface area (Å²) in [4.78, 5) is 30.1. The van der Waals surface area contributed by atoms with E-state index >= 15 is 0 Å². The number of aromatic nitrogens is 2. The molecular formula is C28H35N3O6S. The zero-order valence-electron chi connectivity index (χ0n) is 22.5. The molecule has 1 heterocycles. The molecule has 1 amide bonds. The second-order valence-electron chi connectivity index (χ2n) is 9.35. The van der Waals surface area contributed by atoms with Crippen molar-refractivity contribution < 1.29 is 28.6 Å². The van der Waals surface area contributed by atoms with Crippen LogP contribution in [0.5, 0.6) is 5.88 Å². The topological polar surface area (TPSA) is 92.1 Å². The monoisotopic (exact) mass is 541 g/mol. The normalized spacial score (nSPS) is 11.2. The molecule has 0 saturated heterocycles. The average molecular weight is 542 g/mol. The van der Waals surface area contributed by atoms with Gasteiger partial charge in [-0.05, 0) is 69.7 Å². The van der Waals surface area contributed by atoms with Crippen molar-refractivity contribution in [2.75, 3.05) is 25.0 Å². The van der Waals surface area contributed by atoms with E-state index in [4.69, 9.17) is 19.0 Å². The number of methoxy groups -OCH3 is 1. The van der Waals surface area contributed by atoms with Gasteiger partial charge >= 0.3 is 12.1 Å². The number of nitrogens with zero attached hydrogens (tertiary/aromatic N) is 3. The Bertz CT molecular complexity index is 1190. The number of benzene rings is 2. The molecule has 3 rings (SSSR count). The molecular weight excluding hydrogens is 506 g/mol. The first-order valence-corrected chi connectivity index (χ1v) is 13.3. The molecule has 0 bridgehead atoms. The van der Waals surface area contributed by atoms with Gasteiger partial charge in [-0.2, -0.15) is 5.06 Å². The number of rotatable bonds is 12. The first kappa shape index (κ1) is 29.1. The van der Waals surface area contributed by atoms with Crippen LogP contribution in [0, 0.1) is 0 Å². The van der Waals surface area contributed by atoms with E-state index in [0.29, 0.717) is 18.0 Å². The highest BCUT2D eigenvalue weighted by Gasteiger charge is 2.19. The van der Waals surface area contributed by atoms with Gasteiger partial charge in [0.25, 0.3) is 0 Å². The van der Waals surface area contributed by atoms with Gasteiger partial charge in [0.1, 0.15) is 12.2 Å². The number of anilines is 1. The fraction of sp³-hybridized carbons (Fsp3) is 0.393. The van der Waals surface area contributed by atoms with Gasteiger partial charge in [0.05, 0.1) is 25.6 Å². The van der Waals surface area contributed by atoms with Crippen molar-refractivity contribution in [2.24, 2.45) is 0 Å². The minimum Gasteiger partial charge on any atom is -0.472 e. The minimum absolute atomic E-state index is 0.142. The van der Waals surface area contributed by atoms with Gasteiger partial charge < -0.3 is 14.2 Å². The van der Waals surface area contributed by atoms with E-state index < -0.39 is 11.7 Å². The van der Waals surface area contributed by atoms with E-state index in [2.05, 4.69) is 17.2 Å². The molecule has 3 aromatic rings. The molecule has 0 unspecified atom stereocenters. The van der Waals surface area contributed by atoms with Crippen molar-refractivity contribution in [1.29, 1.82) is 0 Å². The number of hydrogen-bond donors (Lipinski definition) is 0. The molecule has 10 heteroatoms. The van der Waals surface area contributed by atoms with Crippen molar-refractivity contribution in [3.63, 3.8) is 0 Å². The Balaban J connectivity index is 1.49. The lowest BCUT2D eigenvalue weighted by molar-refractivity contribution is -0.154. The van der Waals surface area contributed by atoms with Crippen LogP contribution in [0.15, 0.2) is 65.7 Å². The van der Waals surface area contributed by atoms with Gasteiger partial charge in [-0.15, -0.1) is 16.9 Å². The highest BCUT2D eigenvalue weighted by molar-refractivity contribution is 7.99. The van der Waals surface area contributed by atoms with Crippen molar-refractivity contribution >= 4 is 29.5 Å². The lowest BCUT2D eigenvalue weighted by Crippen LogP contribution is -2.30. The van der Waals surface area contributed by atoms with Gasteiger partial charge in [0, 0.05) is 29.1 Å². The first-order chi connectivity index (χ1) is 18.2. The quantitative estimate of drug-likeness (QED) is 0.116. The van der Waals surface area contributed by atoms with Crippen molar-refractivity contribution in [3.8, 4) is 11.6 Å². The van der Waals surface area contributed by atoms with Gasteiger partial charge in [0.2, 0.25) is 5.88 Å². The molecule has 1 aromatic heterocycles. The van der Waals surface area contributed by atoms with E-state index in [-0.39, 0.29) is 12.6 Å². The summed E-state index contributed by atoms with van der Waals surface area (Å²) in [6.07, 6.45) is 3.40. The zero-order valence-corrected chi connectivity index (χ0v) is 23.3. The predicted molar refractivity (Wildman–Crippen MR) is 147 cm³/mol. The third-order valence-corrected chi connectivity index (χ3v) is 6.34. The summed E-state index contributed by atoms with van der Waals surface area (Å²) in [7, 11) is 2.69. The second kappa shape index (κ2) is 13.9. The number of hydrogen-bond acceptors (Lipinski definition) is 8. The van der Waals surface area contributed by atoms with Crippen LogP contribution in [0.4, 0.5) is 10.5 Å². The molecule has 2 aromatic carbocycles. The number of hydroxylamine groups is 1. The minimum atomic E-state index is -0.633. The van der Waals surface area contributed by atoms with Crippen molar-refractivity contribution in [2.45, 2.75) is 57.1 Å². The summed E-state index contributed by atoms with van der Waals surface area (Å²) in [5, 5.41) is 5.57. The van der Waals surface area contributed by atoms with E-state index in [1.54, 1.807) is 34.6 Å². The molecule has 9 nitrogen and oxygen atoms in total. The number of esters is 1. The first-order valence-electron chi connectivity index (χ1n) is 12.3. The summed E-state index contributed by atoms with van der Waals surface area (Å²) in [6.45, 7) is 5.83. The molecule has 204 valence electrons. The lowest BCUT2D eigenvalue weighted by Gasteiger charge is -2.20. The smallest absolute Gasteiger partial charge is 0.438 e. The Morgan fingerprint density at radius 1 is 1.00 bits per heavy atom. The Labute approximate surface area is 228 Å². The van der Waals surface area contributed by atoms with Crippen molar-refractivity contribution in [3.05, 3.63) is 66.4 Å². The Kier molecular flexibility index (Phi) is 10.6. The highest BCUT2D eigenvalue weighted by atomic mass is 32.2. The molecule has 0 aliphatic carbocycles. The van der Waals surface area contributed by atoms with Crippen LogP contribution in [0.25, 0.3) is 5.69 Å². The van der Waals surface area contributed by atoms with Crippen molar-refractivity contribution in [1.82, 2.24) is 9.78 Å². The number of ether oxygens (including phenoxy) is 3. The van der Waals surface area contributed by atoms with Crippen LogP contribution in [-0.4, -0.2) is 47.4 Å². The number of thioether (sulfide) groups is 1. The number of unbranched alkanes of at least 4 members (excludes halogenated alkanes) is 1. The molecule has 0 atom stereocenters. The SMILES string of the molecule is COC(=O)N(OC)c1ccccc1COc1ccn(-c2ccc(SCCCCC(=O)OC(C)(C)C)cc2)n1. The molecule has 0 aliphatic rings. The molecule has 0 fully saturated rings. The Morgan fingerprint density at radius 2 is 1.74 bits per heavy atom. The number of para-hydroxylation sites is 1. The van der Waals surface area contributed by atoms with Crippen LogP contribution < -0.4 is 9.80 Å². The summed E-state index contributed by atoms with van der Waals surface area (Å²) in [5.41, 5.74) is 1.74. The molecule has 0 saturated carbocycles. The third-order valence-electron chi connectivity index (χ3n) is 5.24. The lowest BCUT2D eigenvalue weighted by atomic mass is 10.2. The van der Waals surface area contributed by atoms with Crippen LogP contribution in [0.3, 0.4) is 0 Å². The predicted octanol–water partition coefficient (Wildman–Crippen LogP) is 6.19. The summed E-state index contributed by atoms with van der Waals surface area (Å²) in [6, 6.07) is 17.1. The van der Waals surface area contributed by atoms with Crippen LogP contribution in [0.2, 0.25) is 0 Å². The molecule has 0 aliphatic heterocycles. The summed E-state index contributed by atoms with van der Waals surface area (Å²) in [5.74, 6) is 1.24. The van der Waals surface area contributed by atoms with Gasteiger partial charge in [0.15, 0.2) is 0 Å². The van der Waals surface area contributed by atoms with Crippen LogP contribution in [0.1, 0.15) is 45.6 Å². The van der Waals surface area contributed by atoms with E-state index in [9.17, 15) is 9.59 Å². The van der Waals surface area contributed by atoms with E-state index in [0.717, 1.165) is 39.8 Å².